The lowest BCUT2D eigenvalue weighted by atomic mass is 9.43. The third-order valence-electron chi connectivity index (χ3n) is 10.9. The van der Waals surface area contributed by atoms with Crippen molar-refractivity contribution in [1.29, 1.82) is 0 Å². The van der Waals surface area contributed by atoms with E-state index in [4.69, 9.17) is 4.74 Å². The maximum Gasteiger partial charge on any atom is 0.333 e. The van der Waals surface area contributed by atoms with E-state index in [1.165, 1.54) is 65.4 Å². The van der Waals surface area contributed by atoms with Gasteiger partial charge in [0, 0.05) is 22.6 Å². The van der Waals surface area contributed by atoms with E-state index >= 15 is 0 Å². The summed E-state index contributed by atoms with van der Waals surface area (Å²) in [4.78, 5) is 5.15. The van der Waals surface area contributed by atoms with Crippen molar-refractivity contribution in [2.24, 2.45) is 0 Å². The van der Waals surface area contributed by atoms with Crippen LogP contribution in [-0.2, 0) is 0 Å². The minimum Gasteiger partial charge on any atom is -0.453 e. The number of hydrogen-bond acceptors (Lipinski definition) is 3. The van der Waals surface area contributed by atoms with Gasteiger partial charge in [0.2, 0.25) is 0 Å². The standard InChI is InChI=1S/C43H29BN2OSi/c1-28-26-32-31-18-12-25-40-42(31)46(35-21-9-11-24-39(35)48(40,29-14-4-2-5-15-29)30-16-6-3-7-17-30)44-33-19-13-23-38-43(33)45(36(27-28)41(32)44)34-20-8-10-22-37(34)47-38/h2-27H,1H3. The molecule has 0 radical (unpaired) electrons. The third kappa shape index (κ3) is 3.15. The van der Waals surface area contributed by atoms with E-state index in [0.29, 0.717) is 0 Å². The highest BCUT2D eigenvalue weighted by Gasteiger charge is 2.55. The van der Waals surface area contributed by atoms with Crippen molar-refractivity contribution in [3.05, 3.63) is 163 Å². The van der Waals surface area contributed by atoms with E-state index in [9.17, 15) is 0 Å². The molecule has 3 nitrogen and oxygen atoms in total. The quantitative estimate of drug-likeness (QED) is 0.204. The third-order valence-corrected chi connectivity index (χ3v) is 15.7. The van der Waals surface area contributed by atoms with Crippen LogP contribution in [0.15, 0.2) is 158 Å². The van der Waals surface area contributed by atoms with Crippen LogP contribution in [0.25, 0.3) is 11.1 Å². The van der Waals surface area contributed by atoms with Crippen LogP contribution in [0.4, 0.5) is 28.4 Å². The molecule has 11 rings (SSSR count). The molecule has 4 aliphatic rings. The molecule has 224 valence electrons. The Morgan fingerprint density at radius 1 is 0.521 bits per heavy atom. The first-order chi connectivity index (χ1) is 23.7. The number of nitrogens with zero attached hydrogens (tertiary/aromatic N) is 2. The predicted molar refractivity (Wildman–Crippen MR) is 202 cm³/mol. The summed E-state index contributed by atoms with van der Waals surface area (Å²) in [6.45, 7) is 2.22. The highest BCUT2D eigenvalue weighted by Crippen LogP contribution is 2.54. The van der Waals surface area contributed by atoms with Crippen molar-refractivity contribution >= 4 is 75.0 Å². The molecule has 0 aliphatic carbocycles. The Bertz CT molecular complexity index is 2440. The van der Waals surface area contributed by atoms with Gasteiger partial charge in [0.1, 0.15) is 0 Å². The summed E-state index contributed by atoms with van der Waals surface area (Å²) < 4.78 is 6.65. The molecule has 0 bridgehead atoms. The van der Waals surface area contributed by atoms with Crippen LogP contribution in [0.2, 0.25) is 0 Å². The van der Waals surface area contributed by atoms with E-state index in [-0.39, 0.29) is 6.85 Å². The predicted octanol–water partition coefficient (Wildman–Crippen LogP) is 6.50. The number of ether oxygens (including phenoxy) is 1. The minimum atomic E-state index is -2.74. The van der Waals surface area contributed by atoms with Gasteiger partial charge in [-0.05, 0) is 80.1 Å². The van der Waals surface area contributed by atoms with Gasteiger partial charge in [-0.25, -0.2) is 0 Å². The molecular weight excluding hydrogens is 599 g/mol. The normalized spacial score (nSPS) is 15.0. The van der Waals surface area contributed by atoms with E-state index in [0.717, 1.165) is 22.9 Å². The number of hydrogen-bond donors (Lipinski definition) is 0. The highest BCUT2D eigenvalue weighted by atomic mass is 28.3. The van der Waals surface area contributed by atoms with Crippen molar-refractivity contribution in [2.45, 2.75) is 6.92 Å². The van der Waals surface area contributed by atoms with Gasteiger partial charge in [0.15, 0.2) is 19.6 Å². The summed E-state index contributed by atoms with van der Waals surface area (Å²) in [6, 6.07) is 58.8. The number of anilines is 5. The SMILES string of the molecule is Cc1cc2c3c(c1)N1c4ccccc4Oc4cccc(c41)B3N1c3ccccc3[Si](c3ccccc3)(c3ccccc3)c3cccc-2c31. The minimum absolute atomic E-state index is 0.0241. The Balaban J connectivity index is 1.32. The molecule has 0 saturated heterocycles. The van der Waals surface area contributed by atoms with E-state index in [2.05, 4.69) is 174 Å². The molecule has 0 atom stereocenters. The Morgan fingerprint density at radius 2 is 1.17 bits per heavy atom. The first-order valence-corrected chi connectivity index (χ1v) is 18.7. The van der Waals surface area contributed by atoms with Crippen LogP contribution >= 0.6 is 0 Å². The average molecular weight is 629 g/mol. The second-order valence-electron chi connectivity index (χ2n) is 13.3. The smallest absolute Gasteiger partial charge is 0.333 e. The number of fused-ring (bicyclic) bond motifs is 8. The molecule has 7 aromatic carbocycles. The van der Waals surface area contributed by atoms with Crippen LogP contribution in [0.1, 0.15) is 5.56 Å². The van der Waals surface area contributed by atoms with Gasteiger partial charge < -0.3 is 14.4 Å². The van der Waals surface area contributed by atoms with Gasteiger partial charge >= 0.3 is 6.85 Å². The van der Waals surface area contributed by atoms with Gasteiger partial charge in [-0.3, -0.25) is 0 Å². The van der Waals surface area contributed by atoms with Gasteiger partial charge in [-0.1, -0.05) is 127 Å². The van der Waals surface area contributed by atoms with Gasteiger partial charge in [0.05, 0.1) is 11.4 Å². The Labute approximate surface area is 281 Å². The van der Waals surface area contributed by atoms with Gasteiger partial charge in [-0.2, -0.15) is 0 Å². The topological polar surface area (TPSA) is 15.7 Å². The van der Waals surface area contributed by atoms with E-state index in [1.54, 1.807) is 0 Å². The van der Waals surface area contributed by atoms with E-state index in [1.807, 2.05) is 0 Å². The molecule has 0 amide bonds. The summed E-state index contributed by atoms with van der Waals surface area (Å²) in [7, 11) is -2.74. The lowest BCUT2D eigenvalue weighted by Crippen LogP contribution is -2.79. The maximum absolute atomic E-state index is 6.65. The second kappa shape index (κ2) is 9.40. The Morgan fingerprint density at radius 3 is 1.96 bits per heavy atom. The first kappa shape index (κ1) is 26.3. The molecule has 0 fully saturated rings. The lowest BCUT2D eigenvalue weighted by molar-refractivity contribution is 0.477. The molecule has 4 heterocycles. The van der Waals surface area contributed by atoms with Crippen molar-refractivity contribution in [1.82, 2.24) is 0 Å². The largest absolute Gasteiger partial charge is 0.453 e. The fraction of sp³-hybridized carbons (Fsp3) is 0.0233. The molecule has 0 aromatic heterocycles. The Hall–Kier alpha value is -5.78. The number of para-hydroxylation sites is 5. The maximum atomic E-state index is 6.65. The van der Waals surface area contributed by atoms with Crippen LogP contribution in [0.3, 0.4) is 0 Å². The molecule has 5 heteroatoms. The summed E-state index contributed by atoms with van der Waals surface area (Å²) in [5.74, 6) is 1.79. The fourth-order valence-electron chi connectivity index (χ4n) is 9.22. The fourth-order valence-corrected chi connectivity index (χ4v) is 14.4. The summed E-state index contributed by atoms with van der Waals surface area (Å²) in [6.07, 6.45) is 0. The summed E-state index contributed by atoms with van der Waals surface area (Å²) in [5.41, 5.74) is 12.6. The zero-order valence-corrected chi connectivity index (χ0v) is 27.4. The molecule has 0 N–H and O–H groups in total. The highest BCUT2D eigenvalue weighted by molar-refractivity contribution is 7.22. The number of aryl methyl sites for hydroxylation is 1. The molecule has 0 unspecified atom stereocenters. The zero-order valence-electron chi connectivity index (χ0n) is 26.4. The molecule has 0 saturated carbocycles. The average Bonchev–Trinajstić information content (AvgIpc) is 3.14. The first-order valence-electron chi connectivity index (χ1n) is 16.7. The van der Waals surface area contributed by atoms with Crippen molar-refractivity contribution in [3.8, 4) is 22.6 Å². The van der Waals surface area contributed by atoms with Gasteiger partial charge in [-0.15, -0.1) is 0 Å². The molecule has 0 spiro atoms. The van der Waals surface area contributed by atoms with Crippen LogP contribution < -0.4 is 46.1 Å². The number of benzene rings is 7. The summed E-state index contributed by atoms with van der Waals surface area (Å²) in [5, 5.41) is 5.69. The van der Waals surface area contributed by atoms with E-state index < -0.39 is 8.07 Å². The van der Waals surface area contributed by atoms with Crippen molar-refractivity contribution in [3.63, 3.8) is 0 Å². The molecular formula is C43H29BN2OSi. The molecule has 48 heavy (non-hydrogen) atoms. The molecule has 4 aliphatic heterocycles. The lowest BCUT2D eigenvalue weighted by Gasteiger charge is -2.52. The van der Waals surface area contributed by atoms with Crippen molar-refractivity contribution < 1.29 is 4.74 Å². The number of rotatable bonds is 2. The van der Waals surface area contributed by atoms with Gasteiger partial charge in [0.25, 0.3) is 0 Å². The molecule has 7 aromatic rings. The van der Waals surface area contributed by atoms with Crippen LogP contribution in [-0.4, -0.2) is 14.9 Å². The zero-order chi connectivity index (χ0) is 31.6. The summed E-state index contributed by atoms with van der Waals surface area (Å²) >= 11 is 0. The van der Waals surface area contributed by atoms with Crippen LogP contribution in [0.5, 0.6) is 11.5 Å². The Kier molecular flexibility index (Phi) is 5.15. The van der Waals surface area contributed by atoms with Crippen molar-refractivity contribution in [2.75, 3.05) is 9.71 Å². The van der Waals surface area contributed by atoms with Crippen LogP contribution in [0, 0.1) is 6.92 Å². The second-order valence-corrected chi connectivity index (χ2v) is 17.0. The monoisotopic (exact) mass is 628 g/mol.